The number of sulfonamides is 1. The average Bonchev–Trinajstić information content (AvgIpc) is 2.76. The van der Waals surface area contributed by atoms with Gasteiger partial charge in [0, 0.05) is 36.6 Å². The van der Waals surface area contributed by atoms with Crippen LogP contribution in [-0.2, 0) is 17.1 Å². The maximum atomic E-state index is 13.1. The zero-order chi connectivity index (χ0) is 16.4. The van der Waals surface area contributed by atoms with Gasteiger partial charge in [-0.1, -0.05) is 20.3 Å². The molecule has 23 heavy (non-hydrogen) atoms. The third kappa shape index (κ3) is 1.99. The lowest BCUT2D eigenvalue weighted by Gasteiger charge is -2.63. The van der Waals surface area contributed by atoms with Gasteiger partial charge in [0.25, 0.3) is 0 Å². The third-order valence-corrected chi connectivity index (χ3v) is 7.34. The van der Waals surface area contributed by atoms with Crippen molar-refractivity contribution >= 4 is 21.1 Å². The minimum Gasteiger partial charge on any atom is -0.250 e. The van der Waals surface area contributed by atoms with E-state index in [1.807, 2.05) is 0 Å². The van der Waals surface area contributed by atoms with Crippen LogP contribution < -0.4 is 0 Å². The summed E-state index contributed by atoms with van der Waals surface area (Å²) in [5.41, 5.74) is 0.927. The van der Waals surface area contributed by atoms with E-state index in [0.717, 1.165) is 18.2 Å². The van der Waals surface area contributed by atoms with E-state index in [9.17, 15) is 8.42 Å². The topological polar surface area (TPSA) is 68.1 Å². The summed E-state index contributed by atoms with van der Waals surface area (Å²) in [7, 11) is -1.69. The van der Waals surface area contributed by atoms with Gasteiger partial charge in [-0.05, 0) is 24.8 Å². The number of hydrogen-bond acceptors (Lipinski definition) is 4. The van der Waals surface area contributed by atoms with Crippen LogP contribution in [0, 0.1) is 11.3 Å². The SMILES string of the molecule is CC(C)C1N(S(=O)(=O)c2cnc3c(cnn3C)c2)CC12CCC2. The van der Waals surface area contributed by atoms with Gasteiger partial charge in [-0.2, -0.15) is 9.40 Å². The van der Waals surface area contributed by atoms with Gasteiger partial charge < -0.3 is 0 Å². The standard InChI is InChI=1S/C16H22N4O2S/c1-11(2)14-16(5-4-6-16)10-20(14)23(21,22)13-7-12-8-18-19(3)15(12)17-9-13/h7-9,11,14H,4-6,10H2,1-3H3. The molecule has 1 spiro atoms. The Kier molecular flexibility index (Phi) is 3.13. The summed E-state index contributed by atoms with van der Waals surface area (Å²) in [4.78, 5) is 4.56. The number of rotatable bonds is 3. The Morgan fingerprint density at radius 2 is 2.04 bits per heavy atom. The number of aromatic nitrogens is 3. The number of aryl methyl sites for hydroxylation is 1. The Hall–Kier alpha value is -1.47. The fourth-order valence-corrected chi connectivity index (χ4v) is 6.28. The molecule has 0 aromatic carbocycles. The van der Waals surface area contributed by atoms with Gasteiger partial charge in [0.2, 0.25) is 10.0 Å². The van der Waals surface area contributed by atoms with Gasteiger partial charge in [0.15, 0.2) is 5.65 Å². The first-order chi connectivity index (χ1) is 10.8. The van der Waals surface area contributed by atoms with Crippen molar-refractivity contribution in [2.75, 3.05) is 6.54 Å². The van der Waals surface area contributed by atoms with Gasteiger partial charge in [0.1, 0.15) is 4.90 Å². The maximum Gasteiger partial charge on any atom is 0.244 e. The van der Waals surface area contributed by atoms with Crippen LogP contribution in [-0.4, -0.2) is 40.1 Å². The first-order valence-corrected chi connectivity index (χ1v) is 9.59. The first kappa shape index (κ1) is 15.1. The van der Waals surface area contributed by atoms with Gasteiger partial charge in [-0.15, -0.1) is 0 Å². The summed E-state index contributed by atoms with van der Waals surface area (Å²) in [5.74, 6) is 0.328. The Morgan fingerprint density at radius 3 is 2.65 bits per heavy atom. The predicted molar refractivity (Wildman–Crippen MR) is 87.3 cm³/mol. The van der Waals surface area contributed by atoms with Crippen molar-refractivity contribution in [1.29, 1.82) is 0 Å². The lowest BCUT2D eigenvalue weighted by molar-refractivity contribution is -0.0962. The molecule has 7 heteroatoms. The number of nitrogens with zero attached hydrogens (tertiary/aromatic N) is 4. The first-order valence-electron chi connectivity index (χ1n) is 8.15. The minimum atomic E-state index is -3.49. The third-order valence-electron chi connectivity index (χ3n) is 5.54. The van der Waals surface area contributed by atoms with E-state index in [1.54, 1.807) is 28.3 Å². The van der Waals surface area contributed by atoms with Gasteiger partial charge in [-0.25, -0.2) is 13.4 Å². The van der Waals surface area contributed by atoms with Crippen LogP contribution in [0.15, 0.2) is 23.4 Å². The molecule has 1 unspecified atom stereocenters. The molecule has 2 fully saturated rings. The largest absolute Gasteiger partial charge is 0.250 e. The molecule has 2 aromatic rings. The van der Waals surface area contributed by atoms with Crippen LogP contribution in [0.25, 0.3) is 11.0 Å². The van der Waals surface area contributed by atoms with Crippen molar-refractivity contribution in [3.05, 3.63) is 18.5 Å². The normalized spacial score (nSPS) is 24.1. The summed E-state index contributed by atoms with van der Waals surface area (Å²) < 4.78 is 29.5. The predicted octanol–water partition coefficient (Wildman–Crippen LogP) is 2.17. The van der Waals surface area contributed by atoms with Crippen molar-refractivity contribution < 1.29 is 8.42 Å². The van der Waals surface area contributed by atoms with Crippen LogP contribution in [0.3, 0.4) is 0 Å². The monoisotopic (exact) mass is 334 g/mol. The van der Waals surface area contributed by atoms with E-state index in [1.165, 1.54) is 12.6 Å². The molecule has 6 nitrogen and oxygen atoms in total. The van der Waals surface area contributed by atoms with Crippen molar-refractivity contribution in [1.82, 2.24) is 19.1 Å². The Bertz CT molecular complexity index is 867. The molecule has 1 aliphatic heterocycles. The average molecular weight is 334 g/mol. The second-order valence-electron chi connectivity index (χ2n) is 7.31. The molecule has 124 valence electrons. The molecule has 1 saturated carbocycles. The zero-order valence-electron chi connectivity index (χ0n) is 13.7. The molecule has 0 bridgehead atoms. The highest BCUT2D eigenvalue weighted by Crippen LogP contribution is 2.56. The van der Waals surface area contributed by atoms with Crippen LogP contribution in [0.4, 0.5) is 0 Å². The molecule has 4 rings (SSSR count). The highest BCUT2D eigenvalue weighted by atomic mass is 32.2. The molecular weight excluding hydrogens is 312 g/mol. The molecule has 3 heterocycles. The van der Waals surface area contributed by atoms with Crippen LogP contribution in [0.5, 0.6) is 0 Å². The van der Waals surface area contributed by atoms with E-state index in [-0.39, 0.29) is 16.4 Å². The van der Waals surface area contributed by atoms with Crippen LogP contribution in [0.2, 0.25) is 0 Å². The fourth-order valence-electron chi connectivity index (χ4n) is 4.35. The fraction of sp³-hybridized carbons (Fsp3) is 0.625. The summed E-state index contributed by atoms with van der Waals surface area (Å²) in [6, 6.07) is 1.80. The molecule has 0 radical (unpaired) electrons. The lowest BCUT2D eigenvalue weighted by Crippen LogP contribution is -2.70. The molecule has 2 aromatic heterocycles. The van der Waals surface area contributed by atoms with E-state index < -0.39 is 10.0 Å². The van der Waals surface area contributed by atoms with Crippen LogP contribution >= 0.6 is 0 Å². The highest BCUT2D eigenvalue weighted by molar-refractivity contribution is 7.89. The smallest absolute Gasteiger partial charge is 0.244 e. The Labute approximate surface area is 136 Å². The van der Waals surface area contributed by atoms with Gasteiger partial charge >= 0.3 is 0 Å². The van der Waals surface area contributed by atoms with E-state index in [2.05, 4.69) is 23.9 Å². The van der Waals surface area contributed by atoms with Gasteiger partial charge in [-0.3, -0.25) is 4.68 Å². The molecule has 1 saturated heterocycles. The molecule has 0 amide bonds. The van der Waals surface area contributed by atoms with Crippen molar-refractivity contribution in [3.8, 4) is 0 Å². The van der Waals surface area contributed by atoms with E-state index in [4.69, 9.17) is 0 Å². The molecule has 1 aliphatic carbocycles. The van der Waals surface area contributed by atoms with Crippen molar-refractivity contribution in [2.24, 2.45) is 18.4 Å². The van der Waals surface area contributed by atoms with Crippen molar-refractivity contribution in [2.45, 2.75) is 44.0 Å². The second kappa shape index (κ2) is 4.77. The van der Waals surface area contributed by atoms with E-state index in [0.29, 0.717) is 18.1 Å². The Balaban J connectivity index is 1.71. The quantitative estimate of drug-likeness (QED) is 0.863. The molecule has 1 atom stereocenters. The number of fused-ring (bicyclic) bond motifs is 1. The summed E-state index contributed by atoms with van der Waals surface area (Å²) in [6.07, 6.45) is 6.65. The van der Waals surface area contributed by atoms with Gasteiger partial charge in [0.05, 0.1) is 6.20 Å². The summed E-state index contributed by atoms with van der Waals surface area (Å²) >= 11 is 0. The second-order valence-corrected chi connectivity index (χ2v) is 9.20. The molecular formula is C16H22N4O2S. The minimum absolute atomic E-state index is 0.117. The maximum absolute atomic E-state index is 13.1. The zero-order valence-corrected chi connectivity index (χ0v) is 14.5. The van der Waals surface area contributed by atoms with E-state index >= 15 is 0 Å². The number of hydrogen-bond donors (Lipinski definition) is 0. The van der Waals surface area contributed by atoms with Crippen LogP contribution in [0.1, 0.15) is 33.1 Å². The van der Waals surface area contributed by atoms with Crippen molar-refractivity contribution in [3.63, 3.8) is 0 Å². The highest BCUT2D eigenvalue weighted by Gasteiger charge is 2.60. The molecule has 2 aliphatic rings. The number of pyridine rings is 1. The summed E-state index contributed by atoms with van der Waals surface area (Å²) in [6.45, 7) is 4.90. The summed E-state index contributed by atoms with van der Waals surface area (Å²) in [5, 5.41) is 4.89. The molecule has 0 N–H and O–H groups in total. The Morgan fingerprint density at radius 1 is 1.30 bits per heavy atom. The lowest BCUT2D eigenvalue weighted by atomic mass is 9.57.